The van der Waals surface area contributed by atoms with Gasteiger partial charge in [-0.15, -0.1) is 0 Å². The molecule has 0 aliphatic carbocycles. The maximum atomic E-state index is 11.7. The number of anilines is 1. The summed E-state index contributed by atoms with van der Waals surface area (Å²) in [7, 11) is 1.30. The third-order valence-corrected chi connectivity index (χ3v) is 3.24. The number of carbonyl (C=O) groups is 1. The number of nitrogens with two attached hydrogens (primary N) is 1. The van der Waals surface area contributed by atoms with E-state index in [2.05, 4.69) is 0 Å². The van der Waals surface area contributed by atoms with Crippen LogP contribution in [0.25, 0.3) is 0 Å². The van der Waals surface area contributed by atoms with Crippen molar-refractivity contribution >= 4 is 23.3 Å². The predicted octanol–water partition coefficient (Wildman–Crippen LogP) is 2.12. The fourth-order valence-electron chi connectivity index (χ4n) is 1.94. The fourth-order valence-corrected chi connectivity index (χ4v) is 2.22. The van der Waals surface area contributed by atoms with Gasteiger partial charge in [0.05, 0.1) is 25.3 Å². The molecule has 19 heavy (non-hydrogen) atoms. The molecule has 0 spiro atoms. The van der Waals surface area contributed by atoms with Gasteiger partial charge in [0.1, 0.15) is 5.56 Å². The minimum Gasteiger partial charge on any atom is -0.491 e. The van der Waals surface area contributed by atoms with E-state index in [1.165, 1.54) is 13.2 Å². The Bertz CT molecular complexity index is 472. The van der Waals surface area contributed by atoms with Gasteiger partial charge >= 0.3 is 5.97 Å². The summed E-state index contributed by atoms with van der Waals surface area (Å²) < 4.78 is 15.6. The van der Waals surface area contributed by atoms with Crippen LogP contribution in [-0.2, 0) is 9.47 Å². The number of rotatable bonds is 4. The topological polar surface area (TPSA) is 70.8 Å². The summed E-state index contributed by atoms with van der Waals surface area (Å²) in [6.45, 7) is 1.86. The molecule has 0 aromatic heterocycles. The van der Waals surface area contributed by atoms with Gasteiger partial charge in [0.25, 0.3) is 0 Å². The lowest BCUT2D eigenvalue weighted by molar-refractivity contribution is 0.0595. The van der Waals surface area contributed by atoms with Gasteiger partial charge in [-0.1, -0.05) is 11.6 Å². The van der Waals surface area contributed by atoms with Crippen LogP contribution in [0.4, 0.5) is 5.69 Å². The SMILES string of the molecule is COC(=O)c1cc(N)cc(Cl)c1OCC1CCOC1. The molecule has 2 rings (SSSR count). The van der Waals surface area contributed by atoms with Gasteiger partial charge in [-0.3, -0.25) is 0 Å². The highest BCUT2D eigenvalue weighted by Gasteiger charge is 2.21. The molecule has 0 bridgehead atoms. The lowest BCUT2D eigenvalue weighted by atomic mass is 10.1. The van der Waals surface area contributed by atoms with Gasteiger partial charge in [-0.25, -0.2) is 4.79 Å². The largest absolute Gasteiger partial charge is 0.491 e. The van der Waals surface area contributed by atoms with Crippen molar-refractivity contribution in [3.05, 3.63) is 22.7 Å². The first-order valence-electron chi connectivity index (χ1n) is 5.99. The Labute approximate surface area is 116 Å². The molecular formula is C13H16ClNO4. The molecule has 1 heterocycles. The van der Waals surface area contributed by atoms with E-state index in [0.717, 1.165) is 13.0 Å². The van der Waals surface area contributed by atoms with Gasteiger partial charge in [-0.2, -0.15) is 0 Å². The molecule has 5 nitrogen and oxygen atoms in total. The van der Waals surface area contributed by atoms with Crippen LogP contribution in [0, 0.1) is 5.92 Å². The number of nitrogen functional groups attached to an aromatic ring is 1. The zero-order chi connectivity index (χ0) is 13.8. The van der Waals surface area contributed by atoms with Gasteiger partial charge in [0, 0.05) is 18.2 Å². The van der Waals surface area contributed by atoms with Crippen LogP contribution in [0.15, 0.2) is 12.1 Å². The Balaban J connectivity index is 2.19. The monoisotopic (exact) mass is 285 g/mol. The zero-order valence-corrected chi connectivity index (χ0v) is 11.4. The van der Waals surface area contributed by atoms with Crippen molar-refractivity contribution in [2.24, 2.45) is 5.92 Å². The minimum absolute atomic E-state index is 0.242. The molecule has 1 aromatic carbocycles. The normalized spacial score (nSPS) is 18.3. The molecule has 1 unspecified atom stereocenters. The molecular weight excluding hydrogens is 270 g/mol. The first-order valence-corrected chi connectivity index (χ1v) is 6.37. The van der Waals surface area contributed by atoms with E-state index in [4.69, 9.17) is 31.5 Å². The standard InChI is InChI=1S/C13H16ClNO4/c1-17-13(16)10-4-9(15)5-11(14)12(10)19-7-8-2-3-18-6-8/h4-5,8H,2-3,6-7,15H2,1H3. The first-order chi connectivity index (χ1) is 9.11. The second-order valence-electron chi connectivity index (χ2n) is 4.41. The molecule has 1 aliphatic rings. The van der Waals surface area contributed by atoms with E-state index in [1.807, 2.05) is 0 Å². The second-order valence-corrected chi connectivity index (χ2v) is 4.82. The Morgan fingerprint density at radius 2 is 2.37 bits per heavy atom. The van der Waals surface area contributed by atoms with E-state index < -0.39 is 5.97 Å². The van der Waals surface area contributed by atoms with E-state index in [1.54, 1.807) is 6.07 Å². The highest BCUT2D eigenvalue weighted by molar-refractivity contribution is 6.33. The number of carbonyl (C=O) groups excluding carboxylic acids is 1. The zero-order valence-electron chi connectivity index (χ0n) is 10.6. The highest BCUT2D eigenvalue weighted by Crippen LogP contribution is 2.32. The van der Waals surface area contributed by atoms with Gasteiger partial charge < -0.3 is 19.9 Å². The van der Waals surface area contributed by atoms with Crippen molar-refractivity contribution in [1.82, 2.24) is 0 Å². The fraction of sp³-hybridized carbons (Fsp3) is 0.462. The molecule has 1 aromatic rings. The number of hydrogen-bond acceptors (Lipinski definition) is 5. The lowest BCUT2D eigenvalue weighted by Gasteiger charge is -2.15. The Morgan fingerprint density at radius 3 is 3.00 bits per heavy atom. The summed E-state index contributed by atoms with van der Waals surface area (Å²) >= 11 is 6.08. The van der Waals surface area contributed by atoms with Crippen LogP contribution in [0.5, 0.6) is 5.75 Å². The van der Waals surface area contributed by atoms with Gasteiger partial charge in [0.2, 0.25) is 0 Å². The van der Waals surface area contributed by atoms with Crippen LogP contribution in [0.1, 0.15) is 16.8 Å². The molecule has 1 fully saturated rings. The maximum absolute atomic E-state index is 11.7. The number of methoxy groups -OCH3 is 1. The average molecular weight is 286 g/mol. The van der Waals surface area contributed by atoms with Crippen molar-refractivity contribution in [2.75, 3.05) is 32.7 Å². The Hall–Kier alpha value is -1.46. The Morgan fingerprint density at radius 1 is 1.58 bits per heavy atom. The van der Waals surface area contributed by atoms with E-state index in [9.17, 15) is 4.79 Å². The molecule has 2 N–H and O–H groups in total. The van der Waals surface area contributed by atoms with Crippen LogP contribution < -0.4 is 10.5 Å². The minimum atomic E-state index is -0.521. The number of esters is 1. The van der Waals surface area contributed by atoms with Crippen molar-refractivity contribution in [3.8, 4) is 5.75 Å². The van der Waals surface area contributed by atoms with Crippen molar-refractivity contribution in [1.29, 1.82) is 0 Å². The number of hydrogen-bond donors (Lipinski definition) is 1. The van der Waals surface area contributed by atoms with Crippen molar-refractivity contribution in [2.45, 2.75) is 6.42 Å². The van der Waals surface area contributed by atoms with Crippen LogP contribution >= 0.6 is 11.6 Å². The number of ether oxygens (including phenoxy) is 3. The summed E-state index contributed by atoms with van der Waals surface area (Å²) in [4.78, 5) is 11.7. The smallest absolute Gasteiger partial charge is 0.341 e. The van der Waals surface area contributed by atoms with Gasteiger partial charge in [0.15, 0.2) is 5.75 Å². The molecule has 0 saturated carbocycles. The van der Waals surface area contributed by atoms with E-state index >= 15 is 0 Å². The molecule has 1 saturated heterocycles. The first kappa shape index (κ1) is 14.0. The van der Waals surface area contributed by atoms with E-state index in [0.29, 0.717) is 35.6 Å². The number of halogens is 1. The predicted molar refractivity (Wildman–Crippen MR) is 71.6 cm³/mol. The molecule has 0 amide bonds. The summed E-state index contributed by atoms with van der Waals surface area (Å²) in [5.74, 6) is 0.112. The summed E-state index contributed by atoms with van der Waals surface area (Å²) in [5.41, 5.74) is 6.30. The average Bonchev–Trinajstić information content (AvgIpc) is 2.89. The molecule has 104 valence electrons. The van der Waals surface area contributed by atoms with Crippen molar-refractivity contribution < 1.29 is 19.0 Å². The summed E-state index contributed by atoms with van der Waals surface area (Å²) in [6, 6.07) is 3.05. The second kappa shape index (κ2) is 6.12. The summed E-state index contributed by atoms with van der Waals surface area (Å²) in [6.07, 6.45) is 0.945. The quantitative estimate of drug-likeness (QED) is 0.678. The van der Waals surface area contributed by atoms with Crippen LogP contribution in [-0.4, -0.2) is 32.9 Å². The molecule has 0 radical (unpaired) electrons. The third kappa shape index (κ3) is 3.30. The van der Waals surface area contributed by atoms with Crippen LogP contribution in [0.2, 0.25) is 5.02 Å². The third-order valence-electron chi connectivity index (χ3n) is 2.96. The molecule has 6 heteroatoms. The van der Waals surface area contributed by atoms with Crippen LogP contribution in [0.3, 0.4) is 0 Å². The number of benzene rings is 1. The molecule has 1 atom stereocenters. The lowest BCUT2D eigenvalue weighted by Crippen LogP contribution is -2.14. The Kier molecular flexibility index (Phi) is 4.50. The molecule has 1 aliphatic heterocycles. The van der Waals surface area contributed by atoms with Gasteiger partial charge in [-0.05, 0) is 18.6 Å². The van der Waals surface area contributed by atoms with Crippen molar-refractivity contribution in [3.63, 3.8) is 0 Å². The van der Waals surface area contributed by atoms with E-state index in [-0.39, 0.29) is 5.56 Å². The highest BCUT2D eigenvalue weighted by atomic mass is 35.5. The summed E-state index contributed by atoms with van der Waals surface area (Å²) in [5, 5.41) is 0.305. The maximum Gasteiger partial charge on any atom is 0.341 e.